The maximum absolute atomic E-state index is 13.1. The van der Waals surface area contributed by atoms with Crippen molar-refractivity contribution in [3.8, 4) is 0 Å². The molecule has 2 heterocycles. The van der Waals surface area contributed by atoms with Crippen molar-refractivity contribution in [3.05, 3.63) is 0 Å². The molecule has 2 aliphatic rings. The van der Waals surface area contributed by atoms with Gasteiger partial charge >= 0.3 is 0 Å². The van der Waals surface area contributed by atoms with Crippen LogP contribution in [0.1, 0.15) is 96.8 Å². The molecule has 0 spiro atoms. The summed E-state index contributed by atoms with van der Waals surface area (Å²) in [5.74, 6) is 2.83. The zero-order valence-corrected chi connectivity index (χ0v) is 44.1. The second-order valence-electron chi connectivity index (χ2n) is 18.4. The first-order valence-corrected chi connectivity index (χ1v) is 28.9. The second kappa shape index (κ2) is 45.2. The molecule has 2 aliphatic heterocycles. The van der Waals surface area contributed by atoms with Gasteiger partial charge < -0.3 is 57.2 Å². The average molecular weight is 973 g/mol. The number of hydrogen-bond acceptors (Lipinski definition) is 17. The van der Waals surface area contributed by atoms with E-state index in [2.05, 4.69) is 88.1 Å². The summed E-state index contributed by atoms with van der Waals surface area (Å²) in [7, 11) is 7.93. The zero-order chi connectivity index (χ0) is 47.4. The van der Waals surface area contributed by atoms with Gasteiger partial charge in [0.1, 0.15) is 11.6 Å². The first kappa shape index (κ1) is 61.2. The van der Waals surface area contributed by atoms with Crippen LogP contribution in [0.3, 0.4) is 0 Å². The van der Waals surface area contributed by atoms with Crippen LogP contribution in [0.5, 0.6) is 0 Å². The van der Waals surface area contributed by atoms with Crippen LogP contribution in [0.4, 0.5) is 0 Å². The van der Waals surface area contributed by atoms with E-state index in [0.29, 0.717) is 56.9 Å². The quantitative estimate of drug-likeness (QED) is 0.0280. The fourth-order valence-electron chi connectivity index (χ4n) is 8.06. The van der Waals surface area contributed by atoms with Crippen LogP contribution < -0.4 is 42.5 Å². The number of hydrogen-bond donors (Lipinski definition) is 8. The summed E-state index contributed by atoms with van der Waals surface area (Å²) in [4.78, 5) is 51.0. The van der Waals surface area contributed by atoms with Crippen molar-refractivity contribution >= 4 is 39.1 Å². The van der Waals surface area contributed by atoms with Crippen molar-refractivity contribution < 1.29 is 14.4 Å². The standard InChI is InChI=1S/C48H101N13O3S2/c1-4-65-66-43-8-15-47(63)18-38-60(45-56-48(64)16-5-6-32-58-34-11-23-51-28-26-49-19-9-21-53-30-39-58)37-13-36-59(42-41-57(2)3)33-7-14-46(62)17-25-55-44-61-35-12-24-52-29-27-50-20-10-22-54-31-40-61/h49-55H,4-45H2,1-3H3,(H,56,64). The molecule has 16 nitrogen and oxygen atoms in total. The number of carbonyl (C=O) groups excluding carboxylic acids is 3. The monoisotopic (exact) mass is 972 g/mol. The fraction of sp³-hybridized carbons (Fsp3) is 0.938. The van der Waals surface area contributed by atoms with E-state index in [9.17, 15) is 14.4 Å². The van der Waals surface area contributed by atoms with Crippen LogP contribution in [-0.4, -0.2) is 238 Å². The van der Waals surface area contributed by atoms with Gasteiger partial charge in [-0.05, 0) is 137 Å². The molecule has 0 unspecified atom stereocenters. The Bertz CT molecular complexity index is 1120. The van der Waals surface area contributed by atoms with Gasteiger partial charge in [-0.3, -0.25) is 24.2 Å². The van der Waals surface area contributed by atoms with Crippen molar-refractivity contribution in [3.63, 3.8) is 0 Å². The van der Waals surface area contributed by atoms with Gasteiger partial charge in [0.05, 0.1) is 6.67 Å². The topological polar surface area (TPSA) is 164 Å². The normalized spacial score (nSPS) is 18.0. The van der Waals surface area contributed by atoms with Crippen molar-refractivity contribution in [2.45, 2.75) is 96.8 Å². The molecule has 0 saturated carbocycles. The van der Waals surface area contributed by atoms with Crippen LogP contribution in [0, 0.1) is 0 Å². The smallest absolute Gasteiger partial charge is 0.220 e. The molecular weight excluding hydrogens is 871 g/mol. The molecule has 2 saturated heterocycles. The minimum atomic E-state index is 0.0946. The molecular formula is C48H101N13O3S2. The molecule has 2 rings (SSSR count). The Labute approximate surface area is 411 Å². The van der Waals surface area contributed by atoms with E-state index in [1.165, 1.54) is 0 Å². The van der Waals surface area contributed by atoms with Gasteiger partial charge in [-0.1, -0.05) is 28.5 Å². The molecule has 0 aliphatic carbocycles. The summed E-state index contributed by atoms with van der Waals surface area (Å²) in [6.45, 7) is 26.9. The molecule has 0 bridgehead atoms. The SMILES string of the molecule is CCSSCCCC(=O)CCN(CCCN(CCCC(=O)CCNCN1CCCNCCNCCCNCC1)CCN(C)C)CNC(=O)CCCCN1CCCNCCNCCCNCC1. The number of nitrogens with zero attached hydrogens (tertiary/aromatic N) is 5. The Morgan fingerprint density at radius 2 is 1.09 bits per heavy atom. The van der Waals surface area contributed by atoms with E-state index < -0.39 is 0 Å². The maximum Gasteiger partial charge on any atom is 0.220 e. The fourth-order valence-corrected chi connectivity index (χ4v) is 9.81. The van der Waals surface area contributed by atoms with E-state index in [1.54, 1.807) is 0 Å². The van der Waals surface area contributed by atoms with Crippen molar-refractivity contribution in [1.29, 1.82) is 0 Å². The minimum absolute atomic E-state index is 0.0946. The summed E-state index contributed by atoms with van der Waals surface area (Å²) < 4.78 is 0. The molecule has 0 aromatic rings. The zero-order valence-electron chi connectivity index (χ0n) is 42.5. The molecule has 8 N–H and O–H groups in total. The summed E-state index contributed by atoms with van der Waals surface area (Å²) in [5.41, 5.74) is 0. The largest absolute Gasteiger partial charge is 0.343 e. The highest BCUT2D eigenvalue weighted by Crippen LogP contribution is 2.21. The second-order valence-corrected chi connectivity index (χ2v) is 21.2. The van der Waals surface area contributed by atoms with Crippen molar-refractivity contribution in [2.24, 2.45) is 0 Å². The summed E-state index contributed by atoms with van der Waals surface area (Å²) in [6.07, 6.45) is 12.0. The molecule has 0 atom stereocenters. The number of rotatable bonds is 32. The predicted octanol–water partition coefficient (Wildman–Crippen LogP) is 1.94. The number of carbonyl (C=O) groups is 3. The summed E-state index contributed by atoms with van der Waals surface area (Å²) in [5, 5.41) is 28.0. The number of nitrogens with one attached hydrogen (secondary N) is 8. The number of likely N-dealkylation sites (N-methyl/N-ethyl adjacent to an activating group) is 1. The number of ketones is 2. The number of unbranched alkanes of at least 4 members (excludes halogenated alkanes) is 1. The first-order valence-electron chi connectivity index (χ1n) is 26.4. The van der Waals surface area contributed by atoms with Crippen LogP contribution in [0.15, 0.2) is 0 Å². The van der Waals surface area contributed by atoms with Crippen LogP contribution in [0.2, 0.25) is 0 Å². The highest BCUT2D eigenvalue weighted by atomic mass is 33.1. The Kier molecular flexibility index (Phi) is 41.9. The molecule has 0 aromatic heterocycles. The average Bonchev–Trinajstić information content (AvgIpc) is 3.30. The predicted molar refractivity (Wildman–Crippen MR) is 283 cm³/mol. The van der Waals surface area contributed by atoms with Gasteiger partial charge in [0.25, 0.3) is 0 Å². The Balaban J connectivity index is 1.79. The van der Waals surface area contributed by atoms with E-state index in [1.807, 2.05) is 21.6 Å². The number of Topliss-reactive ketones (excluding diaryl/α,β-unsaturated/α-hetero) is 2. The molecule has 18 heteroatoms. The molecule has 1 amide bonds. The summed E-state index contributed by atoms with van der Waals surface area (Å²) in [6, 6.07) is 0. The molecule has 388 valence electrons. The van der Waals surface area contributed by atoms with E-state index in [4.69, 9.17) is 0 Å². The van der Waals surface area contributed by atoms with Crippen molar-refractivity contribution in [1.82, 2.24) is 67.0 Å². The van der Waals surface area contributed by atoms with Gasteiger partial charge in [-0.2, -0.15) is 0 Å². The van der Waals surface area contributed by atoms with Gasteiger partial charge in [0.15, 0.2) is 0 Å². The number of amides is 1. The van der Waals surface area contributed by atoms with Gasteiger partial charge in [-0.15, -0.1) is 0 Å². The molecule has 0 radical (unpaired) electrons. The maximum atomic E-state index is 13.1. The van der Waals surface area contributed by atoms with Crippen LogP contribution >= 0.6 is 21.6 Å². The lowest BCUT2D eigenvalue weighted by molar-refractivity contribution is -0.122. The van der Waals surface area contributed by atoms with Gasteiger partial charge in [0.2, 0.25) is 5.91 Å². The Morgan fingerprint density at radius 1 is 0.515 bits per heavy atom. The van der Waals surface area contributed by atoms with E-state index in [0.717, 1.165) is 226 Å². The van der Waals surface area contributed by atoms with Gasteiger partial charge in [-0.25, -0.2) is 0 Å². The third-order valence-electron chi connectivity index (χ3n) is 12.1. The third-order valence-corrected chi connectivity index (χ3v) is 14.7. The summed E-state index contributed by atoms with van der Waals surface area (Å²) >= 11 is 0. The lowest BCUT2D eigenvalue weighted by Gasteiger charge is -2.27. The Hall–Kier alpha value is -0.970. The van der Waals surface area contributed by atoms with E-state index in [-0.39, 0.29) is 5.91 Å². The van der Waals surface area contributed by atoms with E-state index >= 15 is 0 Å². The highest BCUT2D eigenvalue weighted by molar-refractivity contribution is 8.76. The van der Waals surface area contributed by atoms with Crippen LogP contribution in [0.25, 0.3) is 0 Å². The Morgan fingerprint density at radius 3 is 1.76 bits per heavy atom. The molecule has 2 fully saturated rings. The lowest BCUT2D eigenvalue weighted by atomic mass is 10.1. The van der Waals surface area contributed by atoms with Crippen molar-refractivity contribution in [2.75, 3.05) is 196 Å². The molecule has 0 aromatic carbocycles. The molecule has 66 heavy (non-hydrogen) atoms. The van der Waals surface area contributed by atoms with Gasteiger partial charge in [0, 0.05) is 142 Å². The third kappa shape index (κ3) is 38.8. The highest BCUT2D eigenvalue weighted by Gasteiger charge is 2.14. The first-order chi connectivity index (χ1) is 32.4. The lowest BCUT2D eigenvalue weighted by Crippen LogP contribution is -2.41. The minimum Gasteiger partial charge on any atom is -0.343 e. The van der Waals surface area contributed by atoms with Crippen LogP contribution in [-0.2, 0) is 14.4 Å².